The molecule has 1 saturated heterocycles. The first kappa shape index (κ1) is 17.5. The van der Waals surface area contributed by atoms with Gasteiger partial charge in [-0.3, -0.25) is 14.5 Å². The first-order valence-corrected chi connectivity index (χ1v) is 8.58. The maximum atomic E-state index is 12.5. The lowest BCUT2D eigenvalue weighted by Crippen LogP contribution is -2.51. The van der Waals surface area contributed by atoms with Crippen molar-refractivity contribution in [2.75, 3.05) is 53.5 Å². The van der Waals surface area contributed by atoms with Gasteiger partial charge in [-0.25, -0.2) is 0 Å². The summed E-state index contributed by atoms with van der Waals surface area (Å²) < 4.78 is 10.7. The zero-order valence-corrected chi connectivity index (χ0v) is 14.9. The molecule has 0 N–H and O–H groups in total. The van der Waals surface area contributed by atoms with Crippen LogP contribution in [0.3, 0.4) is 0 Å². The fourth-order valence-corrected chi connectivity index (χ4v) is 3.44. The number of amides is 2. The Kier molecular flexibility index (Phi) is 5.43. The molecule has 0 unspecified atom stereocenters. The van der Waals surface area contributed by atoms with Crippen LogP contribution < -0.4 is 9.47 Å². The fourth-order valence-electron chi connectivity index (χ4n) is 3.44. The van der Waals surface area contributed by atoms with Crippen LogP contribution in [0.5, 0.6) is 11.5 Å². The van der Waals surface area contributed by atoms with Crippen LogP contribution in [0.4, 0.5) is 0 Å². The zero-order chi connectivity index (χ0) is 17.8. The van der Waals surface area contributed by atoms with Gasteiger partial charge in [0.1, 0.15) is 0 Å². The molecule has 0 aliphatic carbocycles. The van der Waals surface area contributed by atoms with Crippen LogP contribution in [0.15, 0.2) is 12.1 Å². The highest BCUT2D eigenvalue weighted by molar-refractivity contribution is 5.78. The highest BCUT2D eigenvalue weighted by Gasteiger charge is 2.25. The van der Waals surface area contributed by atoms with Gasteiger partial charge >= 0.3 is 0 Å². The molecule has 2 amide bonds. The van der Waals surface area contributed by atoms with Crippen molar-refractivity contribution in [2.45, 2.75) is 13.0 Å². The van der Waals surface area contributed by atoms with E-state index in [9.17, 15) is 9.59 Å². The van der Waals surface area contributed by atoms with Gasteiger partial charge in [-0.15, -0.1) is 0 Å². The van der Waals surface area contributed by atoms with Crippen LogP contribution in [0, 0.1) is 0 Å². The van der Waals surface area contributed by atoms with Gasteiger partial charge < -0.3 is 19.3 Å². The number of fused-ring (bicyclic) bond motifs is 1. The van der Waals surface area contributed by atoms with Crippen molar-refractivity contribution in [3.63, 3.8) is 0 Å². The number of hydrogen-bond acceptors (Lipinski definition) is 5. The predicted molar refractivity (Wildman–Crippen MR) is 92.7 cm³/mol. The molecule has 0 radical (unpaired) electrons. The summed E-state index contributed by atoms with van der Waals surface area (Å²) in [4.78, 5) is 29.0. The van der Waals surface area contributed by atoms with Crippen LogP contribution in [0.25, 0.3) is 0 Å². The van der Waals surface area contributed by atoms with Gasteiger partial charge in [0, 0.05) is 39.3 Å². The minimum absolute atomic E-state index is 0.134. The molecule has 0 spiro atoms. The molecule has 3 rings (SSSR count). The highest BCUT2D eigenvalue weighted by Crippen LogP contribution is 2.33. The second kappa shape index (κ2) is 7.74. The van der Waals surface area contributed by atoms with E-state index in [0.29, 0.717) is 32.7 Å². The lowest BCUT2D eigenvalue weighted by atomic mass is 9.98. The van der Waals surface area contributed by atoms with Crippen LogP contribution in [0.2, 0.25) is 0 Å². The maximum absolute atomic E-state index is 12.5. The van der Waals surface area contributed by atoms with E-state index in [1.54, 1.807) is 19.1 Å². The smallest absolute Gasteiger partial charge is 0.236 e. The Hall–Kier alpha value is -2.28. The molecule has 0 aromatic heterocycles. The molecule has 1 aromatic carbocycles. The molecule has 0 atom stereocenters. The molecule has 136 valence electrons. The third kappa shape index (κ3) is 3.87. The van der Waals surface area contributed by atoms with E-state index in [1.165, 1.54) is 11.1 Å². The number of rotatable bonds is 5. The van der Waals surface area contributed by atoms with Gasteiger partial charge in [0.15, 0.2) is 11.5 Å². The number of ether oxygens (including phenoxy) is 2. The topological polar surface area (TPSA) is 62.3 Å². The number of carbonyl (C=O) groups is 2. The normalized spacial score (nSPS) is 17.8. The summed E-state index contributed by atoms with van der Waals surface area (Å²) in [6, 6.07) is 4.04. The summed E-state index contributed by atoms with van der Waals surface area (Å²) in [5, 5.41) is 0. The van der Waals surface area contributed by atoms with Crippen LogP contribution >= 0.6 is 0 Å². The first-order chi connectivity index (χ1) is 12.1. The van der Waals surface area contributed by atoms with E-state index < -0.39 is 0 Å². The standard InChI is InChI=1S/C18H25N3O4/c1-24-16-9-14-3-4-20(11-15(14)10-17(16)25-2)12-18(23)21-7-5-19(13-22)6-8-21/h9-10,13H,3-8,11-12H2,1-2H3. The van der Waals surface area contributed by atoms with Gasteiger partial charge in [-0.2, -0.15) is 0 Å². The average Bonchev–Trinajstić information content (AvgIpc) is 2.66. The third-order valence-electron chi connectivity index (χ3n) is 4.97. The number of hydrogen-bond donors (Lipinski definition) is 0. The fraction of sp³-hybridized carbons (Fsp3) is 0.556. The number of nitrogens with zero attached hydrogens (tertiary/aromatic N) is 3. The summed E-state index contributed by atoms with van der Waals surface area (Å²) >= 11 is 0. The molecule has 0 bridgehead atoms. The molecule has 7 nitrogen and oxygen atoms in total. The van der Waals surface area contributed by atoms with Crippen LogP contribution in [-0.4, -0.2) is 80.5 Å². The van der Waals surface area contributed by atoms with E-state index in [0.717, 1.165) is 37.4 Å². The number of piperazine rings is 1. The first-order valence-electron chi connectivity index (χ1n) is 8.58. The van der Waals surface area contributed by atoms with Crippen molar-refractivity contribution >= 4 is 12.3 Å². The van der Waals surface area contributed by atoms with E-state index in [2.05, 4.69) is 4.90 Å². The maximum Gasteiger partial charge on any atom is 0.236 e. The van der Waals surface area contributed by atoms with Gasteiger partial charge in [0.05, 0.1) is 20.8 Å². The largest absolute Gasteiger partial charge is 0.493 e. The zero-order valence-electron chi connectivity index (χ0n) is 14.9. The molecule has 1 fully saturated rings. The van der Waals surface area contributed by atoms with Gasteiger partial charge in [0.25, 0.3) is 0 Å². The summed E-state index contributed by atoms with van der Waals surface area (Å²) in [7, 11) is 3.27. The Morgan fingerprint density at radius 1 is 1.04 bits per heavy atom. The minimum Gasteiger partial charge on any atom is -0.493 e. The van der Waals surface area contributed by atoms with Gasteiger partial charge in [0.2, 0.25) is 12.3 Å². The highest BCUT2D eigenvalue weighted by atomic mass is 16.5. The van der Waals surface area contributed by atoms with Gasteiger partial charge in [-0.05, 0) is 29.7 Å². The Morgan fingerprint density at radius 3 is 2.28 bits per heavy atom. The second-order valence-corrected chi connectivity index (χ2v) is 6.46. The summed E-state index contributed by atoms with van der Waals surface area (Å²) in [5.74, 6) is 1.60. The van der Waals surface area contributed by atoms with E-state index in [-0.39, 0.29) is 5.91 Å². The van der Waals surface area contributed by atoms with Crippen molar-refractivity contribution in [2.24, 2.45) is 0 Å². The van der Waals surface area contributed by atoms with Crippen molar-refractivity contribution in [1.29, 1.82) is 0 Å². The Bertz CT molecular complexity index is 641. The Balaban J connectivity index is 1.61. The Morgan fingerprint density at radius 2 is 1.68 bits per heavy atom. The molecule has 7 heteroatoms. The SMILES string of the molecule is COc1cc2c(cc1OC)CN(CC(=O)N1CCN(C=O)CC1)CC2. The quantitative estimate of drug-likeness (QED) is 0.720. The third-order valence-corrected chi connectivity index (χ3v) is 4.97. The number of benzene rings is 1. The summed E-state index contributed by atoms with van der Waals surface area (Å²) in [6.07, 6.45) is 1.74. The molecule has 2 aliphatic heterocycles. The number of carbonyl (C=O) groups excluding carboxylic acids is 2. The van der Waals surface area contributed by atoms with E-state index in [4.69, 9.17) is 9.47 Å². The van der Waals surface area contributed by atoms with Crippen LogP contribution in [-0.2, 0) is 22.6 Å². The molecule has 1 aromatic rings. The predicted octanol–water partition coefficient (Wildman–Crippen LogP) is 0.363. The van der Waals surface area contributed by atoms with E-state index >= 15 is 0 Å². The lowest BCUT2D eigenvalue weighted by molar-refractivity contribution is -0.136. The second-order valence-electron chi connectivity index (χ2n) is 6.46. The minimum atomic E-state index is 0.134. The number of methoxy groups -OCH3 is 2. The van der Waals surface area contributed by atoms with Gasteiger partial charge in [-0.1, -0.05) is 0 Å². The molecule has 2 heterocycles. The summed E-state index contributed by atoms with van der Waals surface area (Å²) in [6.45, 7) is 4.47. The molecular formula is C18H25N3O4. The van der Waals surface area contributed by atoms with Crippen molar-refractivity contribution in [1.82, 2.24) is 14.7 Å². The van der Waals surface area contributed by atoms with Crippen molar-refractivity contribution < 1.29 is 19.1 Å². The van der Waals surface area contributed by atoms with Crippen molar-refractivity contribution in [3.05, 3.63) is 23.3 Å². The Labute approximate surface area is 148 Å². The monoisotopic (exact) mass is 347 g/mol. The van der Waals surface area contributed by atoms with E-state index in [1.807, 2.05) is 17.0 Å². The molecule has 2 aliphatic rings. The lowest BCUT2D eigenvalue weighted by Gasteiger charge is -2.35. The average molecular weight is 347 g/mol. The van der Waals surface area contributed by atoms with Crippen LogP contribution in [0.1, 0.15) is 11.1 Å². The van der Waals surface area contributed by atoms with Crippen molar-refractivity contribution in [3.8, 4) is 11.5 Å². The molecule has 25 heavy (non-hydrogen) atoms. The molecule has 0 saturated carbocycles. The summed E-state index contributed by atoms with van der Waals surface area (Å²) in [5.41, 5.74) is 2.43. The molecular weight excluding hydrogens is 322 g/mol.